The number of nitrogens with one attached hydrogen (secondary N) is 1. The minimum absolute atomic E-state index is 0. The summed E-state index contributed by atoms with van der Waals surface area (Å²) >= 11 is 0. The van der Waals surface area contributed by atoms with Crippen molar-refractivity contribution in [3.63, 3.8) is 0 Å². The standard InChI is InChI=1S/C17H21FN6O2.ClH/c1-22(2)16(25)11-23-10-14(20-21-23)17(26)24-7-6-19-9-15(24)12-4-3-5-13(18)8-12;/h3-5,8,10,15,19H,6-7,9,11H2,1-2H3;1H. The molecule has 1 aromatic carbocycles. The predicted molar refractivity (Wildman–Crippen MR) is 99.0 cm³/mol. The number of carbonyl (C=O) groups excluding carboxylic acids is 2. The Balaban J connectivity index is 0.00000261. The number of amides is 2. The normalized spacial score (nSPS) is 16.6. The summed E-state index contributed by atoms with van der Waals surface area (Å²) in [6, 6.07) is 5.95. The summed E-state index contributed by atoms with van der Waals surface area (Å²) in [6.45, 7) is 1.67. The first-order valence-electron chi connectivity index (χ1n) is 8.33. The minimum atomic E-state index is -0.339. The van der Waals surface area contributed by atoms with Gasteiger partial charge in [0.05, 0.1) is 12.2 Å². The quantitative estimate of drug-likeness (QED) is 0.823. The highest BCUT2D eigenvalue weighted by Gasteiger charge is 2.30. The molecule has 2 aromatic rings. The van der Waals surface area contributed by atoms with Crippen molar-refractivity contribution in [1.82, 2.24) is 30.1 Å². The van der Waals surface area contributed by atoms with Crippen molar-refractivity contribution < 1.29 is 14.0 Å². The summed E-state index contributed by atoms with van der Waals surface area (Å²) in [5.41, 5.74) is 0.889. The Hall–Kier alpha value is -2.52. The Labute approximate surface area is 162 Å². The Morgan fingerprint density at radius 2 is 2.15 bits per heavy atom. The fourth-order valence-corrected chi connectivity index (χ4v) is 2.86. The average molecular weight is 397 g/mol. The lowest BCUT2D eigenvalue weighted by atomic mass is 10.0. The van der Waals surface area contributed by atoms with Gasteiger partial charge >= 0.3 is 0 Å². The van der Waals surface area contributed by atoms with Crippen molar-refractivity contribution in [2.24, 2.45) is 0 Å². The molecule has 27 heavy (non-hydrogen) atoms. The van der Waals surface area contributed by atoms with Crippen LogP contribution in [0.5, 0.6) is 0 Å². The van der Waals surface area contributed by atoms with Crippen molar-refractivity contribution in [1.29, 1.82) is 0 Å². The summed E-state index contributed by atoms with van der Waals surface area (Å²) in [6.07, 6.45) is 1.47. The molecule has 3 rings (SSSR count). The van der Waals surface area contributed by atoms with E-state index in [2.05, 4.69) is 15.6 Å². The van der Waals surface area contributed by atoms with Crippen LogP contribution in [-0.2, 0) is 11.3 Å². The number of benzene rings is 1. The molecule has 0 saturated carbocycles. The number of likely N-dealkylation sites (N-methyl/N-ethyl adjacent to an activating group) is 1. The van der Waals surface area contributed by atoms with E-state index in [0.717, 1.165) is 5.56 Å². The second-order valence-corrected chi connectivity index (χ2v) is 6.36. The first-order chi connectivity index (χ1) is 12.5. The molecule has 1 aliphatic rings. The smallest absolute Gasteiger partial charge is 0.276 e. The van der Waals surface area contributed by atoms with Crippen LogP contribution in [-0.4, -0.2) is 70.3 Å². The number of rotatable bonds is 4. The summed E-state index contributed by atoms with van der Waals surface area (Å²) in [4.78, 5) is 27.8. The van der Waals surface area contributed by atoms with E-state index < -0.39 is 0 Å². The van der Waals surface area contributed by atoms with Crippen LogP contribution in [0, 0.1) is 5.82 Å². The zero-order valence-corrected chi connectivity index (χ0v) is 15.9. The molecule has 1 aromatic heterocycles. The molecular formula is C17H22ClFN6O2. The molecule has 2 amide bonds. The summed E-state index contributed by atoms with van der Waals surface area (Å²) in [7, 11) is 3.30. The largest absolute Gasteiger partial charge is 0.347 e. The summed E-state index contributed by atoms with van der Waals surface area (Å²) in [5.74, 6) is -0.772. The van der Waals surface area contributed by atoms with Crippen molar-refractivity contribution in [2.75, 3.05) is 33.7 Å². The van der Waals surface area contributed by atoms with Gasteiger partial charge in [-0.15, -0.1) is 17.5 Å². The fraction of sp³-hybridized carbons (Fsp3) is 0.412. The highest BCUT2D eigenvalue weighted by atomic mass is 35.5. The molecule has 1 fully saturated rings. The van der Waals surface area contributed by atoms with Crippen LogP contribution >= 0.6 is 12.4 Å². The highest BCUT2D eigenvalue weighted by molar-refractivity contribution is 5.92. The van der Waals surface area contributed by atoms with Crippen molar-refractivity contribution in [2.45, 2.75) is 12.6 Å². The van der Waals surface area contributed by atoms with Gasteiger partial charge in [-0.2, -0.15) is 0 Å². The van der Waals surface area contributed by atoms with Gasteiger partial charge in [0.1, 0.15) is 12.4 Å². The SMILES string of the molecule is CN(C)C(=O)Cn1cc(C(=O)N2CCNCC2c2cccc(F)c2)nn1.Cl. The zero-order valence-electron chi connectivity index (χ0n) is 15.1. The first-order valence-corrected chi connectivity index (χ1v) is 8.33. The molecule has 8 nitrogen and oxygen atoms in total. The van der Waals surface area contributed by atoms with E-state index in [0.29, 0.717) is 19.6 Å². The first kappa shape index (κ1) is 20.8. The lowest BCUT2D eigenvalue weighted by molar-refractivity contribution is -0.129. The van der Waals surface area contributed by atoms with Crippen LogP contribution in [0.3, 0.4) is 0 Å². The van der Waals surface area contributed by atoms with E-state index >= 15 is 0 Å². The maximum atomic E-state index is 13.6. The van der Waals surface area contributed by atoms with E-state index in [-0.39, 0.29) is 48.3 Å². The van der Waals surface area contributed by atoms with Gasteiger partial charge in [0.25, 0.3) is 5.91 Å². The molecule has 0 aliphatic carbocycles. The second kappa shape index (κ2) is 8.92. The molecule has 1 N–H and O–H groups in total. The number of aromatic nitrogens is 3. The fourth-order valence-electron chi connectivity index (χ4n) is 2.86. The minimum Gasteiger partial charge on any atom is -0.347 e. The van der Waals surface area contributed by atoms with E-state index in [1.54, 1.807) is 31.1 Å². The van der Waals surface area contributed by atoms with Crippen LogP contribution in [0.25, 0.3) is 0 Å². The Morgan fingerprint density at radius 3 is 2.85 bits per heavy atom. The third-order valence-corrected chi connectivity index (χ3v) is 4.29. The molecule has 0 bridgehead atoms. The number of carbonyl (C=O) groups is 2. The highest BCUT2D eigenvalue weighted by Crippen LogP contribution is 2.24. The summed E-state index contributed by atoms with van der Waals surface area (Å²) < 4.78 is 14.9. The second-order valence-electron chi connectivity index (χ2n) is 6.36. The van der Waals surface area contributed by atoms with Gasteiger partial charge in [-0.25, -0.2) is 9.07 Å². The van der Waals surface area contributed by atoms with E-state index in [1.807, 2.05) is 0 Å². The van der Waals surface area contributed by atoms with Gasteiger partial charge in [-0.3, -0.25) is 9.59 Å². The Morgan fingerprint density at radius 1 is 1.37 bits per heavy atom. The van der Waals surface area contributed by atoms with Gasteiger partial charge in [0.15, 0.2) is 5.69 Å². The molecule has 1 saturated heterocycles. The van der Waals surface area contributed by atoms with Crippen LogP contribution in [0.4, 0.5) is 4.39 Å². The van der Waals surface area contributed by atoms with E-state index in [1.165, 1.54) is 27.9 Å². The summed E-state index contributed by atoms with van der Waals surface area (Å²) in [5, 5.41) is 11.0. The maximum Gasteiger partial charge on any atom is 0.276 e. The Bertz CT molecular complexity index is 812. The van der Waals surface area contributed by atoms with Gasteiger partial charge in [0.2, 0.25) is 5.91 Å². The molecule has 1 unspecified atom stereocenters. The molecule has 0 spiro atoms. The number of hydrogen-bond donors (Lipinski definition) is 1. The van der Waals surface area contributed by atoms with Gasteiger partial charge in [-0.05, 0) is 17.7 Å². The predicted octanol–water partition coefficient (Wildman–Crippen LogP) is 0.714. The molecule has 1 atom stereocenters. The lowest BCUT2D eigenvalue weighted by Crippen LogP contribution is -2.48. The van der Waals surface area contributed by atoms with Crippen molar-refractivity contribution in [3.8, 4) is 0 Å². The molecule has 0 radical (unpaired) electrons. The zero-order chi connectivity index (χ0) is 18.7. The van der Waals surface area contributed by atoms with Gasteiger partial charge in [-0.1, -0.05) is 17.3 Å². The maximum absolute atomic E-state index is 13.6. The molecular weight excluding hydrogens is 375 g/mol. The third kappa shape index (κ3) is 4.81. The van der Waals surface area contributed by atoms with Crippen LogP contribution in [0.1, 0.15) is 22.1 Å². The van der Waals surface area contributed by atoms with E-state index in [4.69, 9.17) is 0 Å². The van der Waals surface area contributed by atoms with E-state index in [9.17, 15) is 14.0 Å². The molecule has 10 heteroatoms. The third-order valence-electron chi connectivity index (χ3n) is 4.29. The molecule has 1 aliphatic heterocycles. The number of nitrogens with zero attached hydrogens (tertiary/aromatic N) is 5. The Kier molecular flexibility index (Phi) is 6.86. The lowest BCUT2D eigenvalue weighted by Gasteiger charge is -2.36. The number of hydrogen-bond acceptors (Lipinski definition) is 5. The average Bonchev–Trinajstić information content (AvgIpc) is 3.09. The monoisotopic (exact) mass is 396 g/mol. The van der Waals surface area contributed by atoms with Gasteiger partial charge < -0.3 is 15.1 Å². The number of piperazine rings is 1. The van der Waals surface area contributed by atoms with Crippen LogP contribution in [0.2, 0.25) is 0 Å². The molecule has 2 heterocycles. The van der Waals surface area contributed by atoms with Crippen molar-refractivity contribution in [3.05, 3.63) is 47.5 Å². The number of halogens is 2. The van der Waals surface area contributed by atoms with Gasteiger partial charge in [0, 0.05) is 33.7 Å². The van der Waals surface area contributed by atoms with Crippen molar-refractivity contribution >= 4 is 24.2 Å². The van der Waals surface area contributed by atoms with Crippen LogP contribution in [0.15, 0.2) is 30.5 Å². The topological polar surface area (TPSA) is 83.4 Å². The molecule has 146 valence electrons. The van der Waals surface area contributed by atoms with Crippen LogP contribution < -0.4 is 5.32 Å².